The van der Waals surface area contributed by atoms with Crippen molar-refractivity contribution in [3.05, 3.63) is 10.0 Å². The zero-order chi connectivity index (χ0) is 14.3. The Morgan fingerprint density at radius 2 is 1.79 bits per heavy atom. The number of rotatable bonds is 9. The molecule has 0 amide bonds. The lowest BCUT2D eigenvalue weighted by Gasteiger charge is -2.26. The summed E-state index contributed by atoms with van der Waals surface area (Å²) < 4.78 is 25.2. The van der Waals surface area contributed by atoms with Crippen molar-refractivity contribution in [1.29, 1.82) is 0 Å². The predicted molar refractivity (Wildman–Crippen MR) is 75.9 cm³/mol. The van der Waals surface area contributed by atoms with Crippen LogP contribution in [0.1, 0.15) is 82.2 Å². The summed E-state index contributed by atoms with van der Waals surface area (Å²) in [6.07, 6.45) is 5.31. The van der Waals surface area contributed by atoms with Crippen molar-refractivity contribution in [2.45, 2.75) is 77.6 Å². The van der Waals surface area contributed by atoms with E-state index >= 15 is 0 Å². The predicted octanol–water partition coefficient (Wildman–Crippen LogP) is 5.50. The molecule has 0 bridgehead atoms. The fourth-order valence-corrected chi connectivity index (χ4v) is 3.30. The van der Waals surface area contributed by atoms with Crippen LogP contribution in [-0.4, -0.2) is 10.2 Å². The fourth-order valence-electron chi connectivity index (χ4n) is 2.40. The Morgan fingerprint density at radius 3 is 2.32 bits per heavy atom. The van der Waals surface area contributed by atoms with E-state index in [0.717, 1.165) is 42.0 Å². The van der Waals surface area contributed by atoms with Gasteiger partial charge in [0.05, 0.1) is 0 Å². The molecule has 19 heavy (non-hydrogen) atoms. The lowest BCUT2D eigenvalue weighted by Crippen LogP contribution is -2.21. The van der Waals surface area contributed by atoms with Gasteiger partial charge in [-0.25, -0.2) is 8.78 Å². The number of hydrogen-bond donors (Lipinski definition) is 0. The van der Waals surface area contributed by atoms with Crippen LogP contribution in [0, 0.1) is 0 Å². The van der Waals surface area contributed by atoms with Crippen LogP contribution in [0.25, 0.3) is 0 Å². The molecule has 110 valence electrons. The molecule has 0 aliphatic heterocycles. The number of unbranched alkanes of at least 4 members (excludes halogenated alkanes) is 3. The highest BCUT2D eigenvalue weighted by Gasteiger charge is 2.30. The molecule has 0 aliphatic rings. The van der Waals surface area contributed by atoms with E-state index in [-0.39, 0.29) is 10.4 Å². The van der Waals surface area contributed by atoms with Crippen molar-refractivity contribution >= 4 is 11.3 Å². The SMILES string of the molecule is CCCCCCC(C)(CCC)c1nnc(C(F)F)s1. The number of alkyl halides is 2. The first-order valence-electron chi connectivity index (χ1n) is 7.15. The molecule has 0 radical (unpaired) electrons. The van der Waals surface area contributed by atoms with E-state index in [4.69, 9.17) is 0 Å². The monoisotopic (exact) mass is 290 g/mol. The lowest BCUT2D eigenvalue weighted by molar-refractivity contribution is 0.150. The fraction of sp³-hybridized carbons (Fsp3) is 0.857. The highest BCUT2D eigenvalue weighted by Crippen LogP contribution is 2.37. The summed E-state index contributed by atoms with van der Waals surface area (Å²) in [5.74, 6) is 0. The smallest absolute Gasteiger partial charge is 0.202 e. The van der Waals surface area contributed by atoms with Gasteiger partial charge in [0.2, 0.25) is 0 Å². The van der Waals surface area contributed by atoms with Crippen LogP contribution in [0.5, 0.6) is 0 Å². The first-order valence-corrected chi connectivity index (χ1v) is 7.97. The second-order valence-electron chi connectivity index (χ2n) is 5.37. The van der Waals surface area contributed by atoms with E-state index in [2.05, 4.69) is 31.0 Å². The van der Waals surface area contributed by atoms with Gasteiger partial charge in [0.1, 0.15) is 5.01 Å². The third kappa shape index (κ3) is 4.79. The molecular weight excluding hydrogens is 266 g/mol. The van der Waals surface area contributed by atoms with Gasteiger partial charge in [-0.1, -0.05) is 64.2 Å². The van der Waals surface area contributed by atoms with Crippen molar-refractivity contribution < 1.29 is 8.78 Å². The molecule has 1 atom stereocenters. The van der Waals surface area contributed by atoms with Gasteiger partial charge in [0.25, 0.3) is 6.43 Å². The Hall–Kier alpha value is -0.580. The quantitative estimate of drug-likeness (QED) is 0.561. The zero-order valence-electron chi connectivity index (χ0n) is 12.1. The van der Waals surface area contributed by atoms with Gasteiger partial charge in [0.15, 0.2) is 5.01 Å². The van der Waals surface area contributed by atoms with Gasteiger partial charge in [-0.2, -0.15) is 0 Å². The highest BCUT2D eigenvalue weighted by molar-refractivity contribution is 7.11. The molecule has 0 aromatic carbocycles. The van der Waals surface area contributed by atoms with Crippen molar-refractivity contribution in [2.75, 3.05) is 0 Å². The highest BCUT2D eigenvalue weighted by atomic mass is 32.1. The first-order chi connectivity index (χ1) is 9.03. The Labute approximate surface area is 118 Å². The number of halogens is 2. The van der Waals surface area contributed by atoms with E-state index in [1.165, 1.54) is 19.3 Å². The van der Waals surface area contributed by atoms with Crippen LogP contribution < -0.4 is 0 Å². The number of aromatic nitrogens is 2. The largest absolute Gasteiger partial charge is 0.291 e. The zero-order valence-corrected chi connectivity index (χ0v) is 12.9. The minimum Gasteiger partial charge on any atom is -0.202 e. The molecule has 0 fully saturated rings. The van der Waals surface area contributed by atoms with Crippen molar-refractivity contribution in [2.24, 2.45) is 0 Å². The Bertz CT molecular complexity index is 368. The van der Waals surface area contributed by atoms with E-state index < -0.39 is 6.43 Å². The second kappa shape index (κ2) is 7.88. The third-order valence-corrected chi connectivity index (χ3v) is 4.76. The van der Waals surface area contributed by atoms with E-state index in [9.17, 15) is 8.78 Å². The van der Waals surface area contributed by atoms with Crippen LogP contribution in [0.3, 0.4) is 0 Å². The summed E-state index contributed by atoms with van der Waals surface area (Å²) in [5, 5.41) is 8.27. The third-order valence-electron chi connectivity index (χ3n) is 3.53. The molecule has 0 saturated carbocycles. The maximum atomic E-state index is 12.6. The maximum absolute atomic E-state index is 12.6. The molecule has 2 nitrogen and oxygen atoms in total. The summed E-state index contributed by atoms with van der Waals surface area (Å²) in [7, 11) is 0. The maximum Gasteiger partial charge on any atom is 0.291 e. The normalized spacial score (nSPS) is 14.8. The van der Waals surface area contributed by atoms with Crippen LogP contribution in [0.15, 0.2) is 0 Å². The first kappa shape index (κ1) is 16.5. The van der Waals surface area contributed by atoms with Crippen molar-refractivity contribution in [3.63, 3.8) is 0 Å². The summed E-state index contributed by atoms with van der Waals surface area (Å²) in [5.41, 5.74) is -0.0900. The minimum atomic E-state index is -2.50. The number of hydrogen-bond acceptors (Lipinski definition) is 3. The second-order valence-corrected chi connectivity index (χ2v) is 6.38. The molecule has 0 N–H and O–H groups in total. The molecule has 1 aromatic rings. The van der Waals surface area contributed by atoms with Gasteiger partial charge in [-0.3, -0.25) is 0 Å². The topological polar surface area (TPSA) is 25.8 Å². The molecular formula is C14H24F2N2S. The Balaban J connectivity index is 2.72. The molecule has 1 aromatic heterocycles. The van der Waals surface area contributed by atoms with Crippen LogP contribution in [0.2, 0.25) is 0 Å². The summed E-state index contributed by atoms with van der Waals surface area (Å²) >= 11 is 1.08. The van der Waals surface area contributed by atoms with Gasteiger partial charge in [-0.05, 0) is 12.8 Å². The van der Waals surface area contributed by atoms with Gasteiger partial charge in [0, 0.05) is 5.41 Å². The van der Waals surface area contributed by atoms with Crippen LogP contribution in [0.4, 0.5) is 8.78 Å². The molecule has 0 aliphatic carbocycles. The minimum absolute atomic E-state index is 0.0900. The van der Waals surface area contributed by atoms with E-state index in [0.29, 0.717) is 0 Å². The average Bonchev–Trinajstić information content (AvgIpc) is 2.85. The van der Waals surface area contributed by atoms with Gasteiger partial charge >= 0.3 is 0 Å². The molecule has 0 spiro atoms. The van der Waals surface area contributed by atoms with E-state index in [1.54, 1.807) is 0 Å². The summed E-state index contributed by atoms with van der Waals surface area (Å²) in [6, 6.07) is 0. The number of nitrogens with zero attached hydrogens (tertiary/aromatic N) is 2. The van der Waals surface area contributed by atoms with Crippen LogP contribution >= 0.6 is 11.3 Å². The summed E-state index contributed by atoms with van der Waals surface area (Å²) in [4.78, 5) is 0. The molecule has 1 heterocycles. The van der Waals surface area contributed by atoms with Crippen molar-refractivity contribution in [3.8, 4) is 0 Å². The van der Waals surface area contributed by atoms with Gasteiger partial charge < -0.3 is 0 Å². The van der Waals surface area contributed by atoms with Crippen LogP contribution in [-0.2, 0) is 5.41 Å². The molecule has 0 saturated heterocycles. The van der Waals surface area contributed by atoms with E-state index in [1.807, 2.05) is 0 Å². The lowest BCUT2D eigenvalue weighted by atomic mass is 9.81. The Morgan fingerprint density at radius 1 is 1.05 bits per heavy atom. The molecule has 5 heteroatoms. The average molecular weight is 290 g/mol. The summed E-state index contributed by atoms with van der Waals surface area (Å²) in [6.45, 7) is 6.45. The van der Waals surface area contributed by atoms with Crippen molar-refractivity contribution in [1.82, 2.24) is 10.2 Å². The van der Waals surface area contributed by atoms with Gasteiger partial charge in [-0.15, -0.1) is 10.2 Å². The molecule has 1 unspecified atom stereocenters. The standard InChI is InChI=1S/C14H24F2N2S/c1-4-6-7-8-10-14(3,9-5-2)13-18-17-12(19-13)11(15)16/h11H,4-10H2,1-3H3. The molecule has 1 rings (SSSR count). The Kier molecular flexibility index (Phi) is 6.83.